The molecule has 0 bridgehead atoms. The molecule has 0 aliphatic rings. The third kappa shape index (κ3) is 12.2. The van der Waals surface area contributed by atoms with E-state index >= 15 is 0 Å². The number of hydrogen-bond acceptors (Lipinski definition) is 7. The summed E-state index contributed by atoms with van der Waals surface area (Å²) in [6.45, 7) is 8.52. The predicted molar refractivity (Wildman–Crippen MR) is 119 cm³/mol. The highest BCUT2D eigenvalue weighted by Crippen LogP contribution is 2.08. The first-order valence-electron chi connectivity index (χ1n) is 10.9. The van der Waals surface area contributed by atoms with E-state index in [0.717, 1.165) is 0 Å². The van der Waals surface area contributed by atoms with E-state index in [1.165, 1.54) is 6.92 Å². The number of nitrogens with one attached hydrogen (secondary N) is 3. The second kappa shape index (κ2) is 14.4. The van der Waals surface area contributed by atoms with Crippen LogP contribution >= 0.6 is 0 Å². The van der Waals surface area contributed by atoms with Gasteiger partial charge in [0.2, 0.25) is 17.7 Å². The van der Waals surface area contributed by atoms with Gasteiger partial charge in [0.05, 0.1) is 12.1 Å². The molecule has 0 aromatic carbocycles. The molecule has 0 aliphatic heterocycles. The average Bonchev–Trinajstić information content (AvgIpc) is 2.66. The minimum absolute atomic E-state index is 0.0525. The molecule has 0 saturated heterocycles. The standard InChI is InChI=1S/C21H38N4O8/c1-10(2)8-13(22)18(29)25-17(12(5)26)20(31)23-14(6-7-16(27)28)19(30)24-15(21(32)33)9-11(3)4/h10-15,17,26H,6-9,22H2,1-5H3,(H,23,31)(H,24,30)(H,25,29)(H,27,28)(H,32,33). The van der Waals surface area contributed by atoms with Crippen molar-refractivity contribution in [2.24, 2.45) is 17.6 Å². The van der Waals surface area contributed by atoms with Gasteiger partial charge in [-0.3, -0.25) is 19.2 Å². The van der Waals surface area contributed by atoms with Gasteiger partial charge in [-0.05, 0) is 38.0 Å². The zero-order valence-electron chi connectivity index (χ0n) is 19.8. The third-order valence-electron chi connectivity index (χ3n) is 4.73. The maximum Gasteiger partial charge on any atom is 0.326 e. The van der Waals surface area contributed by atoms with Crippen LogP contribution in [0.3, 0.4) is 0 Å². The van der Waals surface area contributed by atoms with Gasteiger partial charge in [0, 0.05) is 6.42 Å². The first kappa shape index (κ1) is 30.3. The molecule has 0 heterocycles. The van der Waals surface area contributed by atoms with Gasteiger partial charge in [0.1, 0.15) is 18.1 Å². The van der Waals surface area contributed by atoms with Crippen molar-refractivity contribution in [2.45, 2.75) is 90.6 Å². The SMILES string of the molecule is CC(C)CC(N)C(=O)NC(C(=O)NC(CCC(=O)O)C(=O)NC(CC(C)C)C(=O)O)C(C)O. The van der Waals surface area contributed by atoms with Crippen LogP contribution in [0.15, 0.2) is 0 Å². The van der Waals surface area contributed by atoms with Gasteiger partial charge in [0.25, 0.3) is 0 Å². The molecule has 5 unspecified atom stereocenters. The number of hydrogen-bond donors (Lipinski definition) is 7. The summed E-state index contributed by atoms with van der Waals surface area (Å²) in [5.41, 5.74) is 5.81. The van der Waals surface area contributed by atoms with Crippen molar-refractivity contribution >= 4 is 29.7 Å². The zero-order chi connectivity index (χ0) is 25.9. The molecular weight excluding hydrogens is 436 g/mol. The Morgan fingerprint density at radius 3 is 1.70 bits per heavy atom. The normalized spacial score (nSPS) is 15.8. The van der Waals surface area contributed by atoms with E-state index < -0.39 is 66.4 Å². The second-order valence-corrected chi connectivity index (χ2v) is 8.99. The third-order valence-corrected chi connectivity index (χ3v) is 4.73. The second-order valence-electron chi connectivity index (χ2n) is 8.99. The number of aliphatic carboxylic acids is 2. The van der Waals surface area contributed by atoms with Gasteiger partial charge in [-0.25, -0.2) is 4.79 Å². The largest absolute Gasteiger partial charge is 0.481 e. The van der Waals surface area contributed by atoms with Crippen LogP contribution in [0.4, 0.5) is 0 Å². The Morgan fingerprint density at radius 2 is 1.27 bits per heavy atom. The number of carboxylic acid groups (broad SMARTS) is 2. The number of nitrogens with two attached hydrogens (primary N) is 1. The molecule has 0 radical (unpaired) electrons. The summed E-state index contributed by atoms with van der Waals surface area (Å²) in [5, 5.41) is 35.3. The Bertz CT molecular complexity index is 696. The molecule has 0 fully saturated rings. The van der Waals surface area contributed by atoms with Crippen molar-refractivity contribution in [3.8, 4) is 0 Å². The van der Waals surface area contributed by atoms with Crippen molar-refractivity contribution in [3.05, 3.63) is 0 Å². The van der Waals surface area contributed by atoms with E-state index in [4.69, 9.17) is 10.8 Å². The van der Waals surface area contributed by atoms with Crippen molar-refractivity contribution in [1.82, 2.24) is 16.0 Å². The highest BCUT2D eigenvalue weighted by atomic mass is 16.4. The van der Waals surface area contributed by atoms with Crippen molar-refractivity contribution in [2.75, 3.05) is 0 Å². The quantitative estimate of drug-likeness (QED) is 0.158. The fraction of sp³-hybridized carbons (Fsp3) is 0.762. The lowest BCUT2D eigenvalue weighted by Crippen LogP contribution is -2.59. The van der Waals surface area contributed by atoms with Gasteiger partial charge < -0.3 is 37.0 Å². The number of amides is 3. The van der Waals surface area contributed by atoms with E-state index in [2.05, 4.69) is 16.0 Å². The fourth-order valence-electron chi connectivity index (χ4n) is 3.04. The molecule has 12 heteroatoms. The lowest BCUT2D eigenvalue weighted by molar-refractivity contribution is -0.143. The molecule has 3 amide bonds. The zero-order valence-corrected chi connectivity index (χ0v) is 19.8. The first-order chi connectivity index (χ1) is 15.1. The van der Waals surface area contributed by atoms with E-state index in [-0.39, 0.29) is 24.7 Å². The number of carbonyl (C=O) groups excluding carboxylic acids is 3. The van der Waals surface area contributed by atoms with Crippen molar-refractivity contribution in [1.29, 1.82) is 0 Å². The van der Waals surface area contributed by atoms with Crippen molar-refractivity contribution in [3.63, 3.8) is 0 Å². The van der Waals surface area contributed by atoms with Gasteiger partial charge >= 0.3 is 11.9 Å². The minimum Gasteiger partial charge on any atom is -0.481 e. The Morgan fingerprint density at radius 1 is 0.758 bits per heavy atom. The van der Waals surface area contributed by atoms with Crippen LogP contribution in [0.2, 0.25) is 0 Å². The number of carboxylic acids is 2. The molecular formula is C21H38N4O8. The smallest absolute Gasteiger partial charge is 0.326 e. The number of carbonyl (C=O) groups is 5. The number of aliphatic hydroxyl groups is 1. The molecule has 12 nitrogen and oxygen atoms in total. The summed E-state index contributed by atoms with van der Waals surface area (Å²) in [6.07, 6.45) is -1.69. The first-order valence-corrected chi connectivity index (χ1v) is 10.9. The number of rotatable bonds is 15. The van der Waals surface area contributed by atoms with Crippen LogP contribution in [0, 0.1) is 11.8 Å². The molecule has 0 saturated carbocycles. The minimum atomic E-state index is -1.46. The predicted octanol–water partition coefficient (Wildman–Crippen LogP) is -0.809. The highest BCUT2D eigenvalue weighted by molar-refractivity contribution is 5.94. The molecule has 0 aromatic heterocycles. The van der Waals surface area contributed by atoms with Crippen LogP contribution in [0.1, 0.15) is 60.3 Å². The molecule has 0 rings (SSSR count). The van der Waals surface area contributed by atoms with Crippen LogP contribution in [-0.2, 0) is 24.0 Å². The maximum atomic E-state index is 12.8. The molecule has 5 atom stereocenters. The Labute approximate surface area is 193 Å². The molecule has 33 heavy (non-hydrogen) atoms. The van der Waals surface area contributed by atoms with E-state index in [9.17, 15) is 34.2 Å². The van der Waals surface area contributed by atoms with E-state index in [1.54, 1.807) is 13.8 Å². The molecule has 0 spiro atoms. The monoisotopic (exact) mass is 474 g/mol. The lowest BCUT2D eigenvalue weighted by Gasteiger charge is -2.26. The number of aliphatic hydroxyl groups excluding tert-OH is 1. The Hall–Kier alpha value is -2.73. The molecule has 190 valence electrons. The van der Waals surface area contributed by atoms with E-state index in [1.807, 2.05) is 13.8 Å². The van der Waals surface area contributed by atoms with E-state index in [0.29, 0.717) is 6.42 Å². The summed E-state index contributed by atoms with van der Waals surface area (Å²) in [4.78, 5) is 60.2. The van der Waals surface area contributed by atoms with Crippen LogP contribution in [0.25, 0.3) is 0 Å². The summed E-state index contributed by atoms with van der Waals surface area (Å²) in [6, 6.07) is -5.01. The Kier molecular flexibility index (Phi) is 13.2. The molecule has 8 N–H and O–H groups in total. The average molecular weight is 475 g/mol. The summed E-state index contributed by atoms with van der Waals surface area (Å²) >= 11 is 0. The maximum absolute atomic E-state index is 12.8. The summed E-state index contributed by atoms with van der Waals surface area (Å²) < 4.78 is 0. The van der Waals surface area contributed by atoms with Crippen LogP contribution in [0.5, 0.6) is 0 Å². The topological polar surface area (TPSA) is 208 Å². The molecule has 0 aromatic rings. The summed E-state index contributed by atoms with van der Waals surface area (Å²) in [5.74, 6) is -4.92. The van der Waals surface area contributed by atoms with Gasteiger partial charge in [-0.2, -0.15) is 0 Å². The van der Waals surface area contributed by atoms with Crippen LogP contribution < -0.4 is 21.7 Å². The molecule has 0 aliphatic carbocycles. The summed E-state index contributed by atoms with van der Waals surface area (Å²) in [7, 11) is 0. The Balaban J connectivity index is 5.50. The lowest BCUT2D eigenvalue weighted by atomic mass is 10.0. The van der Waals surface area contributed by atoms with Gasteiger partial charge in [-0.15, -0.1) is 0 Å². The van der Waals surface area contributed by atoms with Gasteiger partial charge in [0.15, 0.2) is 0 Å². The fourth-order valence-corrected chi connectivity index (χ4v) is 3.04. The van der Waals surface area contributed by atoms with Gasteiger partial charge in [-0.1, -0.05) is 27.7 Å². The van der Waals surface area contributed by atoms with Crippen molar-refractivity contribution < 1.29 is 39.3 Å². The van der Waals surface area contributed by atoms with Crippen LogP contribution in [-0.4, -0.2) is 75.3 Å². The highest BCUT2D eigenvalue weighted by Gasteiger charge is 2.32.